The average Bonchev–Trinajstić information content (AvgIpc) is 2.89. The third-order valence-electron chi connectivity index (χ3n) is 4.02. The Kier molecular flexibility index (Phi) is 4.99. The van der Waals surface area contributed by atoms with E-state index < -0.39 is 6.10 Å². The number of carbonyl (C=O) groups excluding carboxylic acids is 1. The SMILES string of the molecule is CN(Cc1cc(I)c2c(c1)CNC2=O)C[C@@H](O)c1ccccc1. The second-order valence-electron chi connectivity index (χ2n) is 5.92. The quantitative estimate of drug-likeness (QED) is 0.729. The minimum atomic E-state index is -0.502. The van der Waals surface area contributed by atoms with E-state index in [2.05, 4.69) is 44.9 Å². The van der Waals surface area contributed by atoms with Crippen LogP contribution in [-0.2, 0) is 13.1 Å². The molecule has 3 rings (SSSR count). The van der Waals surface area contributed by atoms with Crippen LogP contribution in [0.15, 0.2) is 42.5 Å². The number of aliphatic hydroxyl groups is 1. The van der Waals surface area contributed by atoms with Crippen molar-refractivity contribution < 1.29 is 9.90 Å². The lowest BCUT2D eigenvalue weighted by Crippen LogP contribution is -2.24. The van der Waals surface area contributed by atoms with Crippen LogP contribution >= 0.6 is 22.6 Å². The van der Waals surface area contributed by atoms with Crippen molar-refractivity contribution in [3.63, 3.8) is 0 Å². The van der Waals surface area contributed by atoms with E-state index in [1.165, 1.54) is 0 Å². The van der Waals surface area contributed by atoms with Gasteiger partial charge in [0.1, 0.15) is 0 Å². The van der Waals surface area contributed by atoms with Crippen molar-refractivity contribution in [2.45, 2.75) is 19.2 Å². The fraction of sp³-hybridized carbons (Fsp3) is 0.278. The van der Waals surface area contributed by atoms with Crippen LogP contribution in [0.2, 0.25) is 0 Å². The third kappa shape index (κ3) is 3.73. The topological polar surface area (TPSA) is 52.6 Å². The van der Waals surface area contributed by atoms with Gasteiger partial charge in [0, 0.05) is 23.2 Å². The number of nitrogens with zero attached hydrogens (tertiary/aromatic N) is 1. The van der Waals surface area contributed by atoms with Crippen molar-refractivity contribution in [1.29, 1.82) is 0 Å². The molecule has 4 nitrogen and oxygen atoms in total. The summed E-state index contributed by atoms with van der Waals surface area (Å²) in [6.07, 6.45) is -0.502. The molecule has 0 aliphatic carbocycles. The molecule has 0 saturated carbocycles. The molecule has 0 unspecified atom stereocenters. The molecule has 0 spiro atoms. The number of likely N-dealkylation sites (N-methyl/N-ethyl adjacent to an activating group) is 1. The molecule has 2 aromatic rings. The Balaban J connectivity index is 1.68. The lowest BCUT2D eigenvalue weighted by atomic mass is 10.1. The summed E-state index contributed by atoms with van der Waals surface area (Å²) in [5.41, 5.74) is 3.96. The first-order chi connectivity index (χ1) is 11.0. The highest BCUT2D eigenvalue weighted by atomic mass is 127. The first-order valence-corrected chi connectivity index (χ1v) is 8.63. The Hall–Kier alpha value is -1.44. The van der Waals surface area contributed by atoms with Gasteiger partial charge in [-0.1, -0.05) is 36.4 Å². The number of halogens is 1. The maximum absolute atomic E-state index is 11.8. The number of nitrogens with one attached hydrogen (secondary N) is 1. The molecule has 1 amide bonds. The van der Waals surface area contributed by atoms with Gasteiger partial charge in [-0.15, -0.1) is 0 Å². The highest BCUT2D eigenvalue weighted by Gasteiger charge is 2.22. The van der Waals surface area contributed by atoms with Crippen LogP contribution in [0.25, 0.3) is 0 Å². The molecule has 1 aliphatic heterocycles. The molecule has 2 aromatic carbocycles. The van der Waals surface area contributed by atoms with Crippen molar-refractivity contribution in [2.24, 2.45) is 0 Å². The van der Waals surface area contributed by atoms with E-state index in [0.29, 0.717) is 13.1 Å². The molecule has 0 aromatic heterocycles. The van der Waals surface area contributed by atoms with Gasteiger partial charge in [-0.25, -0.2) is 0 Å². The van der Waals surface area contributed by atoms with E-state index in [0.717, 1.165) is 32.4 Å². The number of carbonyl (C=O) groups is 1. The van der Waals surface area contributed by atoms with Crippen LogP contribution in [0.1, 0.15) is 33.2 Å². The first-order valence-electron chi connectivity index (χ1n) is 7.55. The summed E-state index contributed by atoms with van der Waals surface area (Å²) in [6.45, 7) is 1.91. The van der Waals surface area contributed by atoms with E-state index in [4.69, 9.17) is 0 Å². The molecule has 1 heterocycles. The molecule has 23 heavy (non-hydrogen) atoms. The Morgan fingerprint density at radius 1 is 1.30 bits per heavy atom. The monoisotopic (exact) mass is 422 g/mol. The second-order valence-corrected chi connectivity index (χ2v) is 7.08. The van der Waals surface area contributed by atoms with Crippen LogP contribution in [0.5, 0.6) is 0 Å². The molecule has 120 valence electrons. The highest BCUT2D eigenvalue weighted by Crippen LogP contribution is 2.24. The lowest BCUT2D eigenvalue weighted by Gasteiger charge is -2.21. The van der Waals surface area contributed by atoms with E-state index in [1.807, 2.05) is 37.4 Å². The van der Waals surface area contributed by atoms with Gasteiger partial charge in [0.05, 0.1) is 11.7 Å². The van der Waals surface area contributed by atoms with Crippen LogP contribution in [0, 0.1) is 3.57 Å². The van der Waals surface area contributed by atoms with Crippen molar-refractivity contribution in [2.75, 3.05) is 13.6 Å². The number of hydrogen-bond acceptors (Lipinski definition) is 3. The Morgan fingerprint density at radius 3 is 2.78 bits per heavy atom. The minimum Gasteiger partial charge on any atom is -0.387 e. The second kappa shape index (κ2) is 6.98. The molecule has 5 heteroatoms. The fourth-order valence-corrected chi connectivity index (χ4v) is 3.92. The van der Waals surface area contributed by atoms with E-state index in [-0.39, 0.29) is 5.91 Å². The summed E-state index contributed by atoms with van der Waals surface area (Å²) >= 11 is 2.22. The number of aliphatic hydroxyl groups excluding tert-OH is 1. The van der Waals surface area contributed by atoms with Crippen LogP contribution in [0.4, 0.5) is 0 Å². The molecule has 1 aliphatic rings. The van der Waals surface area contributed by atoms with Gasteiger partial charge in [-0.3, -0.25) is 9.69 Å². The van der Waals surface area contributed by atoms with Crippen molar-refractivity contribution in [3.05, 3.63) is 68.3 Å². The van der Waals surface area contributed by atoms with Crippen LogP contribution < -0.4 is 5.32 Å². The maximum Gasteiger partial charge on any atom is 0.252 e. The van der Waals surface area contributed by atoms with Crippen molar-refractivity contribution in [3.8, 4) is 0 Å². The first kappa shape index (κ1) is 16.4. The normalized spacial score (nSPS) is 14.7. The molecule has 0 radical (unpaired) electrons. The highest BCUT2D eigenvalue weighted by molar-refractivity contribution is 14.1. The van der Waals surface area contributed by atoms with E-state index >= 15 is 0 Å². The molecular weight excluding hydrogens is 403 g/mol. The summed E-state index contributed by atoms with van der Waals surface area (Å²) in [4.78, 5) is 13.9. The zero-order chi connectivity index (χ0) is 16.4. The predicted molar refractivity (Wildman–Crippen MR) is 98.1 cm³/mol. The van der Waals surface area contributed by atoms with Crippen LogP contribution in [-0.4, -0.2) is 29.5 Å². The molecular formula is C18H19IN2O2. The lowest BCUT2D eigenvalue weighted by molar-refractivity contribution is 0.0965. The average molecular weight is 422 g/mol. The third-order valence-corrected chi connectivity index (χ3v) is 4.87. The number of amides is 1. The Bertz CT molecular complexity index is 718. The van der Waals surface area contributed by atoms with E-state index in [1.54, 1.807) is 0 Å². The summed E-state index contributed by atoms with van der Waals surface area (Å²) in [5.74, 6) is 0.0174. The number of benzene rings is 2. The molecule has 0 saturated heterocycles. The van der Waals surface area contributed by atoms with E-state index in [9.17, 15) is 9.90 Å². The molecule has 1 atom stereocenters. The van der Waals surface area contributed by atoms with Gasteiger partial charge >= 0.3 is 0 Å². The smallest absolute Gasteiger partial charge is 0.252 e. The zero-order valence-corrected chi connectivity index (χ0v) is 15.1. The summed E-state index contributed by atoms with van der Waals surface area (Å²) in [5, 5.41) is 13.2. The fourth-order valence-electron chi connectivity index (χ4n) is 2.93. The molecule has 0 fully saturated rings. The van der Waals surface area contributed by atoms with Gasteiger partial charge in [-0.05, 0) is 52.4 Å². The number of rotatable bonds is 5. The largest absolute Gasteiger partial charge is 0.387 e. The maximum atomic E-state index is 11.8. The Morgan fingerprint density at radius 2 is 2.04 bits per heavy atom. The molecule has 2 N–H and O–H groups in total. The van der Waals surface area contributed by atoms with Gasteiger partial charge in [0.25, 0.3) is 5.91 Å². The van der Waals surface area contributed by atoms with Gasteiger partial charge < -0.3 is 10.4 Å². The zero-order valence-electron chi connectivity index (χ0n) is 12.9. The van der Waals surface area contributed by atoms with Crippen molar-refractivity contribution in [1.82, 2.24) is 10.2 Å². The van der Waals surface area contributed by atoms with Gasteiger partial charge in [-0.2, -0.15) is 0 Å². The summed E-state index contributed by atoms with van der Waals surface area (Å²) in [6, 6.07) is 13.8. The minimum absolute atomic E-state index is 0.0174. The predicted octanol–water partition coefficient (Wildman–Crippen LogP) is 2.70. The standard InChI is InChI=1S/C18H19IN2O2/c1-21(11-16(22)13-5-3-2-4-6-13)10-12-7-14-9-20-18(23)17(14)15(19)8-12/h2-8,16,22H,9-11H2,1H3,(H,20,23)/t16-/m1/s1. The molecule has 0 bridgehead atoms. The summed E-state index contributed by atoms with van der Waals surface area (Å²) in [7, 11) is 2.00. The van der Waals surface area contributed by atoms with Gasteiger partial charge in [0.2, 0.25) is 0 Å². The Labute approximate surface area is 149 Å². The number of fused-ring (bicyclic) bond motifs is 1. The van der Waals surface area contributed by atoms with Crippen LogP contribution in [0.3, 0.4) is 0 Å². The van der Waals surface area contributed by atoms with Crippen molar-refractivity contribution >= 4 is 28.5 Å². The number of hydrogen-bond donors (Lipinski definition) is 2. The summed E-state index contributed by atoms with van der Waals surface area (Å²) < 4.78 is 0.988. The van der Waals surface area contributed by atoms with Gasteiger partial charge in [0.15, 0.2) is 0 Å².